The van der Waals surface area contributed by atoms with Crippen LogP contribution in [0.2, 0.25) is 0 Å². The van der Waals surface area contributed by atoms with Crippen molar-refractivity contribution in [3.8, 4) is 0 Å². The normalized spacial score (nSPS) is 12.6. The van der Waals surface area contributed by atoms with E-state index in [4.69, 9.17) is 14.2 Å². The lowest BCUT2D eigenvalue weighted by atomic mass is 10.0. The van der Waals surface area contributed by atoms with E-state index in [-0.39, 0.29) is 37.5 Å². The van der Waals surface area contributed by atoms with Gasteiger partial charge in [-0.25, -0.2) is 0 Å². The highest BCUT2D eigenvalue weighted by Gasteiger charge is 2.19. The van der Waals surface area contributed by atoms with E-state index in [9.17, 15) is 14.4 Å². The lowest BCUT2D eigenvalue weighted by molar-refractivity contribution is -0.166. The largest absolute Gasteiger partial charge is 0.462 e. The molecule has 0 aliphatic carbocycles. The third-order valence-electron chi connectivity index (χ3n) is 11.7. The average Bonchev–Trinajstić information content (AvgIpc) is 3.30. The van der Waals surface area contributed by atoms with E-state index in [0.29, 0.717) is 19.3 Å². The Morgan fingerprint density at radius 1 is 0.308 bits per heavy atom. The van der Waals surface area contributed by atoms with Gasteiger partial charge in [0.05, 0.1) is 0 Å². The van der Waals surface area contributed by atoms with Crippen LogP contribution < -0.4 is 0 Å². The fraction of sp³-hybridized carbons (Fsp3) is 0.746. The summed E-state index contributed by atoms with van der Waals surface area (Å²) in [6, 6.07) is 0. The Labute approximate surface area is 402 Å². The molecule has 0 spiro atoms. The Morgan fingerprint density at radius 2 is 0.585 bits per heavy atom. The van der Waals surface area contributed by atoms with Gasteiger partial charge in [-0.05, 0) is 83.5 Å². The molecule has 0 radical (unpaired) electrons. The van der Waals surface area contributed by atoms with Crippen molar-refractivity contribution in [1.29, 1.82) is 0 Å². The maximum Gasteiger partial charge on any atom is 0.306 e. The molecule has 0 N–H and O–H groups in total. The van der Waals surface area contributed by atoms with Gasteiger partial charge in [0.1, 0.15) is 13.2 Å². The van der Waals surface area contributed by atoms with Crippen LogP contribution in [0.25, 0.3) is 0 Å². The maximum absolute atomic E-state index is 12.8. The Hall–Kier alpha value is -3.15. The molecule has 374 valence electrons. The van der Waals surface area contributed by atoms with Crippen molar-refractivity contribution >= 4 is 17.9 Å². The van der Waals surface area contributed by atoms with E-state index in [1.165, 1.54) is 154 Å². The number of unbranched alkanes of at least 4 members (excludes halogenated alkanes) is 26. The zero-order valence-corrected chi connectivity index (χ0v) is 42.7. The number of hydrogen-bond donors (Lipinski definition) is 0. The van der Waals surface area contributed by atoms with Crippen LogP contribution in [0.15, 0.2) is 72.9 Å². The van der Waals surface area contributed by atoms with Crippen molar-refractivity contribution in [2.45, 2.75) is 271 Å². The Kier molecular flexibility index (Phi) is 50.9. The van der Waals surface area contributed by atoms with E-state index < -0.39 is 6.10 Å². The summed E-state index contributed by atoms with van der Waals surface area (Å²) in [5.41, 5.74) is 0. The molecule has 0 rings (SSSR count). The van der Waals surface area contributed by atoms with E-state index in [1.54, 1.807) is 0 Å². The molecule has 0 fully saturated rings. The number of rotatable bonds is 49. The van der Waals surface area contributed by atoms with Crippen LogP contribution in [-0.4, -0.2) is 37.2 Å². The Balaban J connectivity index is 4.49. The van der Waals surface area contributed by atoms with Crippen LogP contribution in [0.5, 0.6) is 0 Å². The first-order chi connectivity index (χ1) is 32.0. The quantitative estimate of drug-likeness (QED) is 0.0262. The van der Waals surface area contributed by atoms with E-state index in [2.05, 4.69) is 87.6 Å². The molecule has 0 heterocycles. The molecule has 0 aliphatic rings. The van der Waals surface area contributed by atoms with Crippen LogP contribution in [0.1, 0.15) is 265 Å². The topological polar surface area (TPSA) is 78.9 Å². The van der Waals surface area contributed by atoms with Gasteiger partial charge < -0.3 is 14.2 Å². The zero-order chi connectivity index (χ0) is 47.2. The van der Waals surface area contributed by atoms with Crippen LogP contribution in [0.4, 0.5) is 0 Å². The molecular weight excluding hydrogens is 805 g/mol. The minimum Gasteiger partial charge on any atom is -0.462 e. The van der Waals surface area contributed by atoms with Gasteiger partial charge in [-0.2, -0.15) is 0 Å². The predicted octanol–water partition coefficient (Wildman–Crippen LogP) is 18.2. The second-order valence-corrected chi connectivity index (χ2v) is 18.1. The highest BCUT2D eigenvalue weighted by molar-refractivity contribution is 5.71. The SMILES string of the molecule is CCCCC/C=C\C/C=C\C/C=C\C/C=C\C/C=C\CCC(=O)O[C@H](COC(=O)CCCCCCCCC/C=C\CCCCCC)COC(=O)CCCCCCCCCCCCCCC. The van der Waals surface area contributed by atoms with Gasteiger partial charge in [0, 0.05) is 19.3 Å². The number of carbonyl (C=O) groups is 3. The van der Waals surface area contributed by atoms with E-state index >= 15 is 0 Å². The highest BCUT2D eigenvalue weighted by atomic mass is 16.6. The molecule has 0 unspecified atom stereocenters. The molecule has 0 saturated carbocycles. The molecule has 1 atom stereocenters. The summed E-state index contributed by atoms with van der Waals surface area (Å²) in [4.78, 5) is 38.0. The van der Waals surface area contributed by atoms with Crippen LogP contribution in [0, 0.1) is 0 Å². The number of allylic oxidation sites excluding steroid dienone is 12. The Bertz CT molecular complexity index is 1230. The average molecular weight is 907 g/mol. The predicted molar refractivity (Wildman–Crippen MR) is 279 cm³/mol. The molecule has 65 heavy (non-hydrogen) atoms. The first-order valence-electron chi connectivity index (χ1n) is 27.4. The summed E-state index contributed by atoms with van der Waals surface area (Å²) in [5, 5.41) is 0. The van der Waals surface area contributed by atoms with Crippen LogP contribution in [0.3, 0.4) is 0 Å². The van der Waals surface area contributed by atoms with Crippen molar-refractivity contribution in [2.24, 2.45) is 0 Å². The fourth-order valence-corrected chi connectivity index (χ4v) is 7.54. The zero-order valence-electron chi connectivity index (χ0n) is 42.7. The number of carbonyl (C=O) groups excluding carboxylic acids is 3. The van der Waals surface area contributed by atoms with Gasteiger partial charge >= 0.3 is 17.9 Å². The molecule has 6 nitrogen and oxygen atoms in total. The summed E-state index contributed by atoms with van der Waals surface area (Å²) in [5.74, 6) is -0.987. The molecule has 0 aromatic heterocycles. The Morgan fingerprint density at radius 3 is 0.985 bits per heavy atom. The second kappa shape index (κ2) is 53.5. The molecule has 0 aliphatic heterocycles. The lowest BCUT2D eigenvalue weighted by Gasteiger charge is -2.18. The summed E-state index contributed by atoms with van der Waals surface area (Å²) in [6.07, 6.45) is 67.5. The standard InChI is InChI=1S/C59H102O6/c1-4-7-10-13-16-19-22-25-27-28-29-30-32-35-38-41-44-47-50-53-59(62)65-56(54-63-57(60)51-48-45-42-39-36-33-24-21-18-15-12-9-6-3)55-64-58(61)52-49-46-43-40-37-34-31-26-23-20-17-14-11-8-5-2/h16,19-20,23,25,27,29-30,35,38,44,47,56H,4-15,17-18,21-22,24,26,28,31-34,36-37,39-43,45-46,48-55H2,1-3H3/b19-16-,23-20-,27-25-,30-29-,38-35-,47-44-/t56-/m0/s1. The maximum atomic E-state index is 12.8. The first kappa shape index (κ1) is 61.9. The highest BCUT2D eigenvalue weighted by Crippen LogP contribution is 2.15. The first-order valence-corrected chi connectivity index (χ1v) is 27.4. The van der Waals surface area contributed by atoms with Gasteiger partial charge in [0.15, 0.2) is 6.10 Å². The monoisotopic (exact) mass is 907 g/mol. The van der Waals surface area contributed by atoms with Crippen LogP contribution >= 0.6 is 0 Å². The molecule has 0 saturated heterocycles. The van der Waals surface area contributed by atoms with Crippen molar-refractivity contribution in [3.63, 3.8) is 0 Å². The van der Waals surface area contributed by atoms with E-state index in [1.807, 2.05) is 6.08 Å². The van der Waals surface area contributed by atoms with Crippen molar-refractivity contribution in [2.75, 3.05) is 13.2 Å². The molecule has 6 heteroatoms. The third-order valence-corrected chi connectivity index (χ3v) is 11.7. The van der Waals surface area contributed by atoms with E-state index in [0.717, 1.165) is 64.2 Å². The number of ether oxygens (including phenoxy) is 3. The van der Waals surface area contributed by atoms with Gasteiger partial charge in [0.25, 0.3) is 0 Å². The number of hydrogen-bond acceptors (Lipinski definition) is 6. The summed E-state index contributed by atoms with van der Waals surface area (Å²) < 4.78 is 16.8. The minimum atomic E-state index is -0.814. The molecule has 0 aromatic rings. The molecule has 0 bridgehead atoms. The minimum absolute atomic E-state index is 0.104. The van der Waals surface area contributed by atoms with Crippen molar-refractivity contribution in [1.82, 2.24) is 0 Å². The molecule has 0 aromatic carbocycles. The molecular formula is C59H102O6. The van der Waals surface area contributed by atoms with Gasteiger partial charge in [-0.1, -0.05) is 235 Å². The van der Waals surface area contributed by atoms with Gasteiger partial charge in [-0.15, -0.1) is 0 Å². The van der Waals surface area contributed by atoms with Crippen LogP contribution in [-0.2, 0) is 28.6 Å². The second-order valence-electron chi connectivity index (χ2n) is 18.1. The van der Waals surface area contributed by atoms with Crippen molar-refractivity contribution < 1.29 is 28.6 Å². The summed E-state index contributed by atoms with van der Waals surface area (Å²) in [7, 11) is 0. The lowest BCUT2D eigenvalue weighted by Crippen LogP contribution is -2.30. The fourth-order valence-electron chi connectivity index (χ4n) is 7.54. The molecule has 0 amide bonds. The summed E-state index contributed by atoms with van der Waals surface area (Å²) >= 11 is 0. The van der Waals surface area contributed by atoms with Gasteiger partial charge in [-0.3, -0.25) is 14.4 Å². The smallest absolute Gasteiger partial charge is 0.306 e. The van der Waals surface area contributed by atoms with Crippen molar-refractivity contribution in [3.05, 3.63) is 72.9 Å². The number of esters is 3. The third kappa shape index (κ3) is 51.7. The summed E-state index contributed by atoms with van der Waals surface area (Å²) in [6.45, 7) is 6.54. The van der Waals surface area contributed by atoms with Gasteiger partial charge in [0.2, 0.25) is 0 Å².